The maximum atomic E-state index is 12.9. The summed E-state index contributed by atoms with van der Waals surface area (Å²) >= 11 is 0. The summed E-state index contributed by atoms with van der Waals surface area (Å²) < 4.78 is 1.66. The van der Waals surface area contributed by atoms with Crippen molar-refractivity contribution in [2.45, 2.75) is 20.4 Å². The van der Waals surface area contributed by atoms with E-state index in [4.69, 9.17) is 0 Å². The predicted octanol–water partition coefficient (Wildman–Crippen LogP) is 1.85. The summed E-state index contributed by atoms with van der Waals surface area (Å²) in [6.07, 6.45) is 1.56. The van der Waals surface area contributed by atoms with Crippen LogP contribution in [0.1, 0.15) is 27.6 Å². The van der Waals surface area contributed by atoms with E-state index in [1.54, 1.807) is 36.0 Å². The van der Waals surface area contributed by atoms with Gasteiger partial charge in [0, 0.05) is 19.3 Å². The van der Waals surface area contributed by atoms with Crippen LogP contribution in [0.15, 0.2) is 41.3 Å². The molecule has 0 aliphatic heterocycles. The average molecular weight is 362 g/mol. The van der Waals surface area contributed by atoms with Crippen molar-refractivity contribution >= 4 is 22.5 Å². The molecule has 3 heterocycles. The zero-order valence-corrected chi connectivity index (χ0v) is 15.2. The van der Waals surface area contributed by atoms with Gasteiger partial charge < -0.3 is 9.88 Å². The lowest BCUT2D eigenvalue weighted by Gasteiger charge is -2.18. The van der Waals surface area contributed by atoms with E-state index in [9.17, 15) is 9.59 Å². The molecular formula is C19H18N6O2. The van der Waals surface area contributed by atoms with Gasteiger partial charge in [0.25, 0.3) is 11.5 Å². The lowest BCUT2D eigenvalue weighted by atomic mass is 10.2. The number of fused-ring (bicyclic) bond motifs is 2. The molecule has 0 fully saturated rings. The Morgan fingerprint density at radius 3 is 2.85 bits per heavy atom. The molecule has 3 aromatic heterocycles. The van der Waals surface area contributed by atoms with Crippen molar-refractivity contribution in [2.24, 2.45) is 0 Å². The molecule has 0 aliphatic rings. The molecule has 0 aliphatic carbocycles. The van der Waals surface area contributed by atoms with Gasteiger partial charge in [0.05, 0.1) is 34.4 Å². The van der Waals surface area contributed by atoms with Crippen molar-refractivity contribution in [3.8, 4) is 0 Å². The minimum absolute atomic E-state index is 0.175. The van der Waals surface area contributed by atoms with E-state index in [2.05, 4.69) is 20.1 Å². The minimum Gasteiger partial charge on any atom is -0.334 e. The first-order chi connectivity index (χ1) is 12.9. The van der Waals surface area contributed by atoms with Crippen LogP contribution in [0.3, 0.4) is 0 Å². The average Bonchev–Trinajstić information content (AvgIpc) is 3.03. The molecule has 0 atom stereocenters. The zero-order chi connectivity index (χ0) is 19.1. The molecule has 1 N–H and O–H groups in total. The fourth-order valence-electron chi connectivity index (χ4n) is 3.08. The van der Waals surface area contributed by atoms with Crippen LogP contribution in [0.5, 0.6) is 0 Å². The summed E-state index contributed by atoms with van der Waals surface area (Å²) in [6, 6.07) is 8.96. The van der Waals surface area contributed by atoms with Gasteiger partial charge in [-0.2, -0.15) is 5.10 Å². The van der Waals surface area contributed by atoms with Crippen molar-refractivity contribution in [1.29, 1.82) is 0 Å². The summed E-state index contributed by atoms with van der Waals surface area (Å²) in [4.78, 5) is 38.1. The topological polar surface area (TPSA) is 96.2 Å². The Kier molecular flexibility index (Phi) is 3.95. The first kappa shape index (κ1) is 16.9. The van der Waals surface area contributed by atoms with E-state index in [0.717, 1.165) is 5.69 Å². The van der Waals surface area contributed by atoms with Crippen LogP contribution in [-0.4, -0.2) is 42.4 Å². The number of H-pyrrole nitrogens is 1. The Morgan fingerprint density at radius 1 is 1.26 bits per heavy atom. The second-order valence-corrected chi connectivity index (χ2v) is 6.50. The molecule has 1 aromatic carbocycles. The number of hydrogen-bond acceptors (Lipinski definition) is 5. The number of hydrogen-bond donors (Lipinski definition) is 1. The summed E-state index contributed by atoms with van der Waals surface area (Å²) in [5, 5.41) is 4.89. The summed E-state index contributed by atoms with van der Waals surface area (Å²) in [6.45, 7) is 3.89. The van der Waals surface area contributed by atoms with Crippen molar-refractivity contribution in [3.63, 3.8) is 0 Å². The third kappa shape index (κ3) is 2.95. The number of aryl methyl sites for hydroxylation is 2. The highest BCUT2D eigenvalue weighted by molar-refractivity contribution is 5.95. The molecule has 0 radical (unpaired) electrons. The molecule has 0 bridgehead atoms. The van der Waals surface area contributed by atoms with Gasteiger partial charge in [0.2, 0.25) is 0 Å². The van der Waals surface area contributed by atoms with E-state index in [-0.39, 0.29) is 18.0 Å². The van der Waals surface area contributed by atoms with Gasteiger partial charge in [-0.3, -0.25) is 9.59 Å². The molecule has 0 spiro atoms. The number of carbonyl (C=O) groups excluding carboxylic acids is 1. The monoisotopic (exact) mass is 362 g/mol. The van der Waals surface area contributed by atoms with Crippen LogP contribution >= 0.6 is 0 Å². The maximum Gasteiger partial charge on any atom is 0.258 e. The highest BCUT2D eigenvalue weighted by Gasteiger charge is 2.18. The molecule has 0 saturated heterocycles. The van der Waals surface area contributed by atoms with Gasteiger partial charge in [0.1, 0.15) is 5.82 Å². The Morgan fingerprint density at radius 2 is 2.04 bits per heavy atom. The number of aromatic nitrogens is 5. The normalized spacial score (nSPS) is 11.2. The Bertz CT molecular complexity index is 1240. The van der Waals surface area contributed by atoms with Gasteiger partial charge >= 0.3 is 0 Å². The number of para-hydroxylation sites is 1. The van der Waals surface area contributed by atoms with Crippen LogP contribution in [0.4, 0.5) is 0 Å². The van der Waals surface area contributed by atoms with Crippen LogP contribution in [0, 0.1) is 13.8 Å². The predicted molar refractivity (Wildman–Crippen MR) is 101 cm³/mol. The second-order valence-electron chi connectivity index (χ2n) is 6.50. The van der Waals surface area contributed by atoms with E-state index in [1.165, 1.54) is 4.90 Å². The Hall–Kier alpha value is -3.55. The number of aromatic amines is 1. The largest absolute Gasteiger partial charge is 0.334 e. The number of amides is 1. The van der Waals surface area contributed by atoms with Gasteiger partial charge in [-0.05, 0) is 26.0 Å². The number of nitrogens with one attached hydrogen (secondary N) is 1. The van der Waals surface area contributed by atoms with Crippen LogP contribution in [-0.2, 0) is 6.54 Å². The van der Waals surface area contributed by atoms with Gasteiger partial charge in [-0.25, -0.2) is 14.5 Å². The third-order valence-corrected chi connectivity index (χ3v) is 4.47. The lowest BCUT2D eigenvalue weighted by Crippen LogP contribution is -2.29. The fourth-order valence-corrected chi connectivity index (χ4v) is 3.08. The number of nitrogens with zero attached hydrogens (tertiary/aromatic N) is 5. The molecule has 4 rings (SSSR count). The van der Waals surface area contributed by atoms with Gasteiger partial charge in [0.15, 0.2) is 5.65 Å². The number of benzene rings is 1. The van der Waals surface area contributed by atoms with Crippen molar-refractivity contribution < 1.29 is 4.79 Å². The first-order valence-electron chi connectivity index (χ1n) is 8.49. The molecule has 4 aromatic rings. The maximum absolute atomic E-state index is 12.9. The fraction of sp³-hybridized carbons (Fsp3) is 0.211. The Labute approximate surface area is 154 Å². The van der Waals surface area contributed by atoms with Crippen molar-refractivity contribution in [2.75, 3.05) is 7.05 Å². The molecule has 8 heteroatoms. The summed E-state index contributed by atoms with van der Waals surface area (Å²) in [5.41, 5.74) is 3.08. The van der Waals surface area contributed by atoms with Crippen LogP contribution in [0.25, 0.3) is 16.6 Å². The first-order valence-corrected chi connectivity index (χ1v) is 8.49. The smallest absolute Gasteiger partial charge is 0.258 e. The standard InChI is InChI=1S/C19H18N6O2/c1-11-8-17-20-9-14(12(2)25(17)23-11)19(27)24(3)10-16-21-15-7-5-4-6-13(15)18(26)22-16/h4-9H,10H2,1-3H3,(H,21,22,26). The molecule has 136 valence electrons. The Balaban J connectivity index is 1.65. The SMILES string of the molecule is Cc1cc2ncc(C(=O)N(C)Cc3nc4ccccc4c(=O)[nH]3)c(C)n2n1. The highest BCUT2D eigenvalue weighted by atomic mass is 16.2. The van der Waals surface area contributed by atoms with Gasteiger partial charge in [-0.1, -0.05) is 12.1 Å². The van der Waals surface area contributed by atoms with Gasteiger partial charge in [-0.15, -0.1) is 0 Å². The van der Waals surface area contributed by atoms with Crippen molar-refractivity contribution in [3.05, 3.63) is 69.7 Å². The van der Waals surface area contributed by atoms with Crippen LogP contribution < -0.4 is 5.56 Å². The lowest BCUT2D eigenvalue weighted by molar-refractivity contribution is 0.0779. The molecule has 0 saturated carbocycles. The minimum atomic E-state index is -0.220. The van der Waals surface area contributed by atoms with E-state index < -0.39 is 0 Å². The summed E-state index contributed by atoms with van der Waals surface area (Å²) in [5.74, 6) is 0.210. The van der Waals surface area contributed by atoms with Crippen molar-refractivity contribution in [1.82, 2.24) is 29.5 Å². The molecule has 1 amide bonds. The molecule has 27 heavy (non-hydrogen) atoms. The molecular weight excluding hydrogens is 344 g/mol. The number of carbonyl (C=O) groups is 1. The quantitative estimate of drug-likeness (QED) is 0.600. The molecule has 0 unspecified atom stereocenters. The van der Waals surface area contributed by atoms with E-state index in [1.807, 2.05) is 26.0 Å². The number of rotatable bonds is 3. The van der Waals surface area contributed by atoms with E-state index >= 15 is 0 Å². The second kappa shape index (κ2) is 6.31. The van der Waals surface area contributed by atoms with E-state index in [0.29, 0.717) is 33.6 Å². The zero-order valence-electron chi connectivity index (χ0n) is 15.2. The highest BCUT2D eigenvalue weighted by Crippen LogP contribution is 2.14. The van der Waals surface area contributed by atoms with Crippen LogP contribution in [0.2, 0.25) is 0 Å². The third-order valence-electron chi connectivity index (χ3n) is 4.47. The summed E-state index contributed by atoms with van der Waals surface area (Å²) in [7, 11) is 1.66. The molecule has 8 nitrogen and oxygen atoms in total.